The first-order chi connectivity index (χ1) is 10.2. The zero-order chi connectivity index (χ0) is 16.9. The lowest BCUT2D eigenvalue weighted by Crippen LogP contribution is -2.46. The van der Waals surface area contributed by atoms with E-state index in [1.807, 2.05) is 13.8 Å². The number of primary amides is 1. The van der Waals surface area contributed by atoms with Gasteiger partial charge in [0.15, 0.2) is 0 Å². The molecule has 1 aromatic carbocycles. The first kappa shape index (κ1) is 17.6. The topological polar surface area (TPSA) is 127 Å². The maximum absolute atomic E-state index is 11.8. The van der Waals surface area contributed by atoms with Gasteiger partial charge >= 0.3 is 0 Å². The summed E-state index contributed by atoms with van der Waals surface area (Å²) in [5.74, 6) is -1.28. The minimum Gasteiger partial charge on any atom is -0.366 e. The van der Waals surface area contributed by atoms with Crippen LogP contribution in [0.1, 0.15) is 29.8 Å². The summed E-state index contributed by atoms with van der Waals surface area (Å²) in [6.07, 6.45) is 0. The van der Waals surface area contributed by atoms with Crippen molar-refractivity contribution in [1.29, 1.82) is 0 Å². The minimum absolute atomic E-state index is 0.00736. The van der Waals surface area contributed by atoms with Gasteiger partial charge in [0.05, 0.1) is 12.6 Å². The van der Waals surface area contributed by atoms with Crippen molar-refractivity contribution in [3.05, 3.63) is 29.3 Å². The molecule has 0 spiro atoms. The molecule has 6 N–H and O–H groups in total. The number of benzene rings is 1. The summed E-state index contributed by atoms with van der Waals surface area (Å²) in [4.78, 5) is 34.6. The van der Waals surface area contributed by atoms with Gasteiger partial charge in [-0.1, -0.05) is 13.8 Å². The molecule has 3 amide bonds. The summed E-state index contributed by atoms with van der Waals surface area (Å²) in [6.45, 7) is 5.20. The Balaban J connectivity index is 2.57. The van der Waals surface area contributed by atoms with Crippen LogP contribution in [0.25, 0.3) is 0 Å². The standard InChI is InChI=1S/C15H22N4O3/c1-8(2)13(16)15(22)18-7-12(20)19-10-4-5-11(14(17)21)9(3)6-10/h4-6,8,13H,7,16H2,1-3H3,(H2,17,21)(H,18,22)(H,19,20)/t13-/m0/s1. The summed E-state index contributed by atoms with van der Waals surface area (Å²) in [6, 6.07) is 4.11. The highest BCUT2D eigenvalue weighted by Crippen LogP contribution is 2.14. The predicted molar refractivity (Wildman–Crippen MR) is 84.1 cm³/mol. The van der Waals surface area contributed by atoms with Gasteiger partial charge in [-0.2, -0.15) is 0 Å². The van der Waals surface area contributed by atoms with Gasteiger partial charge < -0.3 is 22.1 Å². The van der Waals surface area contributed by atoms with Gasteiger partial charge in [-0.05, 0) is 36.6 Å². The molecule has 1 atom stereocenters. The summed E-state index contributed by atoms with van der Waals surface area (Å²) >= 11 is 0. The highest BCUT2D eigenvalue weighted by Gasteiger charge is 2.17. The van der Waals surface area contributed by atoms with Crippen LogP contribution in [0.15, 0.2) is 18.2 Å². The van der Waals surface area contributed by atoms with Gasteiger partial charge in [0, 0.05) is 11.3 Å². The zero-order valence-electron chi connectivity index (χ0n) is 13.0. The maximum atomic E-state index is 11.8. The fraction of sp³-hybridized carbons (Fsp3) is 0.400. The van der Waals surface area contributed by atoms with E-state index in [9.17, 15) is 14.4 Å². The molecular weight excluding hydrogens is 284 g/mol. The Kier molecular flexibility index (Phi) is 6.06. The molecule has 0 aliphatic rings. The summed E-state index contributed by atoms with van der Waals surface area (Å²) in [7, 11) is 0. The number of aryl methyl sites for hydroxylation is 1. The highest BCUT2D eigenvalue weighted by molar-refractivity contribution is 5.97. The molecule has 0 unspecified atom stereocenters. The van der Waals surface area contributed by atoms with E-state index in [1.54, 1.807) is 25.1 Å². The Hall–Kier alpha value is -2.41. The van der Waals surface area contributed by atoms with Gasteiger partial charge in [-0.3, -0.25) is 14.4 Å². The smallest absolute Gasteiger partial charge is 0.248 e. The van der Waals surface area contributed by atoms with E-state index in [2.05, 4.69) is 10.6 Å². The van der Waals surface area contributed by atoms with Crippen molar-refractivity contribution in [2.45, 2.75) is 26.8 Å². The Labute approximate surface area is 129 Å². The van der Waals surface area contributed by atoms with Gasteiger partial charge in [-0.25, -0.2) is 0 Å². The van der Waals surface area contributed by atoms with Crippen LogP contribution in [0.5, 0.6) is 0 Å². The molecule has 7 heteroatoms. The molecule has 0 heterocycles. The van der Waals surface area contributed by atoms with Gasteiger partial charge in [0.25, 0.3) is 0 Å². The highest BCUT2D eigenvalue weighted by atomic mass is 16.2. The lowest BCUT2D eigenvalue weighted by Gasteiger charge is -2.15. The second-order valence-electron chi connectivity index (χ2n) is 5.43. The van der Waals surface area contributed by atoms with Crippen LogP contribution < -0.4 is 22.1 Å². The molecule has 0 aromatic heterocycles. The second-order valence-corrected chi connectivity index (χ2v) is 5.43. The average Bonchev–Trinajstić information content (AvgIpc) is 2.43. The molecule has 0 bridgehead atoms. The van der Waals surface area contributed by atoms with E-state index >= 15 is 0 Å². The molecule has 1 aromatic rings. The Morgan fingerprint density at radius 3 is 2.36 bits per heavy atom. The molecule has 22 heavy (non-hydrogen) atoms. The van der Waals surface area contributed by atoms with Crippen molar-refractivity contribution in [1.82, 2.24) is 5.32 Å². The number of hydrogen-bond acceptors (Lipinski definition) is 4. The summed E-state index contributed by atoms with van der Waals surface area (Å²) < 4.78 is 0. The van der Waals surface area contributed by atoms with Crippen molar-refractivity contribution < 1.29 is 14.4 Å². The quantitative estimate of drug-likeness (QED) is 0.595. The van der Waals surface area contributed by atoms with E-state index < -0.39 is 11.9 Å². The Bertz CT molecular complexity index is 584. The van der Waals surface area contributed by atoms with Gasteiger partial charge in [0.1, 0.15) is 0 Å². The normalized spacial score (nSPS) is 11.9. The number of rotatable bonds is 6. The Morgan fingerprint density at radius 2 is 1.86 bits per heavy atom. The van der Waals surface area contributed by atoms with Gasteiger partial charge in [0.2, 0.25) is 17.7 Å². The first-order valence-electron chi connectivity index (χ1n) is 6.96. The molecule has 1 rings (SSSR count). The zero-order valence-corrected chi connectivity index (χ0v) is 13.0. The van der Waals surface area contributed by atoms with E-state index in [4.69, 9.17) is 11.5 Å². The Morgan fingerprint density at radius 1 is 1.23 bits per heavy atom. The van der Waals surface area contributed by atoms with Crippen LogP contribution in [0.4, 0.5) is 5.69 Å². The predicted octanol–water partition coefficient (Wildman–Crippen LogP) is 0.132. The van der Waals surface area contributed by atoms with Crippen molar-refractivity contribution in [2.24, 2.45) is 17.4 Å². The second kappa shape index (κ2) is 7.56. The number of nitrogens with two attached hydrogens (primary N) is 2. The van der Waals surface area contributed by atoms with Crippen LogP contribution in [-0.4, -0.2) is 30.3 Å². The van der Waals surface area contributed by atoms with Crippen LogP contribution in [0, 0.1) is 12.8 Å². The SMILES string of the molecule is Cc1cc(NC(=O)CNC(=O)[C@@H](N)C(C)C)ccc1C(N)=O. The number of carbonyl (C=O) groups is 3. The van der Waals surface area contributed by atoms with E-state index in [0.29, 0.717) is 16.8 Å². The first-order valence-corrected chi connectivity index (χ1v) is 6.96. The number of nitrogens with one attached hydrogen (secondary N) is 2. The molecule has 120 valence electrons. The number of carbonyl (C=O) groups excluding carboxylic acids is 3. The van der Waals surface area contributed by atoms with E-state index in [-0.39, 0.29) is 24.3 Å². The molecule has 0 saturated heterocycles. The van der Waals surface area contributed by atoms with Crippen LogP contribution in [-0.2, 0) is 9.59 Å². The van der Waals surface area contributed by atoms with Crippen molar-refractivity contribution in [2.75, 3.05) is 11.9 Å². The largest absolute Gasteiger partial charge is 0.366 e. The third-order valence-corrected chi connectivity index (χ3v) is 3.22. The molecule has 0 aliphatic heterocycles. The number of amides is 3. The minimum atomic E-state index is -0.648. The summed E-state index contributed by atoms with van der Waals surface area (Å²) in [5.41, 5.74) is 12.5. The molecule has 0 radical (unpaired) electrons. The van der Waals surface area contributed by atoms with Crippen molar-refractivity contribution >= 4 is 23.4 Å². The van der Waals surface area contributed by atoms with Crippen molar-refractivity contribution in [3.63, 3.8) is 0 Å². The van der Waals surface area contributed by atoms with Crippen LogP contribution in [0.3, 0.4) is 0 Å². The fourth-order valence-corrected chi connectivity index (χ4v) is 1.81. The fourth-order valence-electron chi connectivity index (χ4n) is 1.81. The van der Waals surface area contributed by atoms with E-state index in [0.717, 1.165) is 0 Å². The summed E-state index contributed by atoms with van der Waals surface area (Å²) in [5, 5.41) is 5.10. The average molecular weight is 306 g/mol. The molecule has 0 fully saturated rings. The van der Waals surface area contributed by atoms with Crippen LogP contribution >= 0.6 is 0 Å². The van der Waals surface area contributed by atoms with Gasteiger partial charge in [-0.15, -0.1) is 0 Å². The molecule has 0 saturated carbocycles. The lowest BCUT2D eigenvalue weighted by molar-refractivity contribution is -0.125. The third kappa shape index (κ3) is 4.85. The van der Waals surface area contributed by atoms with Crippen LogP contribution in [0.2, 0.25) is 0 Å². The monoisotopic (exact) mass is 306 g/mol. The number of hydrogen-bond donors (Lipinski definition) is 4. The molecule has 0 aliphatic carbocycles. The maximum Gasteiger partial charge on any atom is 0.248 e. The van der Waals surface area contributed by atoms with Crippen molar-refractivity contribution in [3.8, 4) is 0 Å². The number of anilines is 1. The molecule has 7 nitrogen and oxygen atoms in total. The molecular formula is C15H22N4O3. The lowest BCUT2D eigenvalue weighted by atomic mass is 10.1. The van der Waals surface area contributed by atoms with E-state index in [1.165, 1.54) is 0 Å². The third-order valence-electron chi connectivity index (χ3n) is 3.22.